The van der Waals surface area contributed by atoms with Gasteiger partial charge in [-0.3, -0.25) is 0 Å². The fourth-order valence-corrected chi connectivity index (χ4v) is 2.61. The van der Waals surface area contributed by atoms with Gasteiger partial charge in [0.2, 0.25) is 6.79 Å². The number of ether oxygens (including phenoxy) is 2. The lowest BCUT2D eigenvalue weighted by Crippen LogP contribution is -2.30. The van der Waals surface area contributed by atoms with Gasteiger partial charge in [0.05, 0.1) is 6.10 Å². The zero-order valence-corrected chi connectivity index (χ0v) is 13.6. The molecule has 2 aromatic rings. The molecule has 2 amide bonds. The first-order chi connectivity index (χ1) is 11.5. The average molecular weight is 332 g/mol. The number of amides is 2. The minimum Gasteiger partial charge on any atom is -0.466 e. The third kappa shape index (κ3) is 3.62. The number of benzene rings is 1. The van der Waals surface area contributed by atoms with E-state index in [0.717, 1.165) is 11.3 Å². The van der Waals surface area contributed by atoms with E-state index in [-0.39, 0.29) is 12.8 Å². The van der Waals surface area contributed by atoms with Crippen LogP contribution in [0.4, 0.5) is 10.5 Å². The monoisotopic (exact) mass is 332 g/mol. The Morgan fingerprint density at radius 1 is 1.25 bits per heavy atom. The maximum Gasteiger partial charge on any atom is 0.319 e. The molecule has 1 atom stereocenters. The predicted molar refractivity (Wildman–Crippen MR) is 87.3 cm³/mol. The van der Waals surface area contributed by atoms with Gasteiger partial charge in [-0.05, 0) is 38.5 Å². The Hall–Kier alpha value is -2.67. The molecule has 0 saturated heterocycles. The summed E-state index contributed by atoms with van der Waals surface area (Å²) in [6.07, 6.45) is -0.276. The lowest BCUT2D eigenvalue weighted by Gasteiger charge is -2.11. The van der Waals surface area contributed by atoms with Crippen LogP contribution < -0.4 is 20.1 Å². The van der Waals surface area contributed by atoms with Crippen molar-refractivity contribution in [1.29, 1.82) is 0 Å². The van der Waals surface area contributed by atoms with Gasteiger partial charge in [-0.25, -0.2) is 4.79 Å². The Morgan fingerprint density at radius 2 is 2.04 bits per heavy atom. The molecule has 1 aliphatic rings. The van der Waals surface area contributed by atoms with Crippen LogP contribution in [0.1, 0.15) is 29.6 Å². The molecule has 128 valence electrons. The highest BCUT2D eigenvalue weighted by Crippen LogP contribution is 2.34. The molecule has 1 unspecified atom stereocenters. The Labute approximate surface area is 139 Å². The molecule has 0 fully saturated rings. The van der Waals surface area contributed by atoms with Crippen LogP contribution in [-0.2, 0) is 0 Å². The summed E-state index contributed by atoms with van der Waals surface area (Å²) in [6, 6.07) is 6.65. The van der Waals surface area contributed by atoms with Gasteiger partial charge in [-0.15, -0.1) is 0 Å². The second-order valence-electron chi connectivity index (χ2n) is 5.62. The molecule has 7 heteroatoms. The molecule has 1 aliphatic heterocycles. The van der Waals surface area contributed by atoms with E-state index < -0.39 is 6.10 Å². The highest BCUT2D eigenvalue weighted by Gasteiger charge is 2.16. The van der Waals surface area contributed by atoms with Gasteiger partial charge in [0, 0.05) is 23.9 Å². The van der Waals surface area contributed by atoms with Gasteiger partial charge in [-0.1, -0.05) is 0 Å². The minimum absolute atomic E-state index is 0.190. The number of aliphatic hydroxyl groups is 1. The number of hydrogen-bond donors (Lipinski definition) is 3. The van der Waals surface area contributed by atoms with Crippen molar-refractivity contribution in [1.82, 2.24) is 5.32 Å². The van der Waals surface area contributed by atoms with E-state index in [9.17, 15) is 9.90 Å². The number of nitrogens with one attached hydrogen (secondary N) is 2. The van der Waals surface area contributed by atoms with E-state index in [0.29, 0.717) is 35.9 Å². The Morgan fingerprint density at radius 3 is 2.79 bits per heavy atom. The highest BCUT2D eigenvalue weighted by atomic mass is 16.7. The first-order valence-electron chi connectivity index (χ1n) is 7.72. The maximum atomic E-state index is 11.9. The Kier molecular flexibility index (Phi) is 4.61. The standard InChI is InChI=1S/C17H20N2O5/c1-10-7-13(11(2)24-10)14(20)5-6-18-17(21)19-12-3-4-15-16(8-12)23-9-22-15/h3-4,7-8,14,20H,5-6,9H2,1-2H3,(H2,18,19,21). The number of aliphatic hydroxyl groups excluding tert-OH is 1. The zero-order chi connectivity index (χ0) is 17.1. The van der Waals surface area contributed by atoms with Crippen LogP contribution >= 0.6 is 0 Å². The molecule has 0 saturated carbocycles. The molecule has 1 aromatic carbocycles. The van der Waals surface area contributed by atoms with Crippen LogP contribution in [0.5, 0.6) is 11.5 Å². The molecule has 0 aliphatic carbocycles. The van der Waals surface area contributed by atoms with Gasteiger partial charge in [0.25, 0.3) is 0 Å². The van der Waals surface area contributed by atoms with Gasteiger partial charge in [-0.2, -0.15) is 0 Å². The topological polar surface area (TPSA) is 93.0 Å². The summed E-state index contributed by atoms with van der Waals surface area (Å²) < 4.78 is 15.9. The number of carbonyl (C=O) groups excluding carboxylic acids is 1. The number of aryl methyl sites for hydroxylation is 2. The summed E-state index contributed by atoms with van der Waals surface area (Å²) in [5.74, 6) is 2.73. The largest absolute Gasteiger partial charge is 0.466 e. The molecule has 0 spiro atoms. The third-order valence-electron chi connectivity index (χ3n) is 3.77. The summed E-state index contributed by atoms with van der Waals surface area (Å²) in [7, 11) is 0. The molecule has 0 bridgehead atoms. The van der Waals surface area contributed by atoms with Crippen molar-refractivity contribution < 1.29 is 23.8 Å². The molecular formula is C17H20N2O5. The summed E-state index contributed by atoms with van der Waals surface area (Å²) in [5.41, 5.74) is 1.36. The molecule has 1 aromatic heterocycles. The Bertz CT molecular complexity index is 741. The number of fused-ring (bicyclic) bond motifs is 1. The van der Waals surface area contributed by atoms with Crippen molar-refractivity contribution in [2.24, 2.45) is 0 Å². The van der Waals surface area contributed by atoms with Gasteiger partial charge in [0.15, 0.2) is 11.5 Å². The number of hydrogen-bond acceptors (Lipinski definition) is 5. The summed E-state index contributed by atoms with van der Waals surface area (Å²) >= 11 is 0. The molecule has 3 rings (SSSR count). The van der Waals surface area contributed by atoms with Crippen molar-refractivity contribution in [3.63, 3.8) is 0 Å². The average Bonchev–Trinajstić information content (AvgIpc) is 3.12. The summed E-state index contributed by atoms with van der Waals surface area (Å²) in [4.78, 5) is 11.9. The quantitative estimate of drug-likeness (QED) is 0.783. The van der Waals surface area contributed by atoms with Gasteiger partial charge in [0.1, 0.15) is 11.5 Å². The minimum atomic E-state index is -0.673. The second kappa shape index (κ2) is 6.84. The van der Waals surface area contributed by atoms with Crippen LogP contribution in [-0.4, -0.2) is 24.5 Å². The van der Waals surface area contributed by atoms with E-state index in [1.165, 1.54) is 0 Å². The van der Waals surface area contributed by atoms with Crippen molar-refractivity contribution in [2.75, 3.05) is 18.7 Å². The molecule has 2 heterocycles. The van der Waals surface area contributed by atoms with Crippen LogP contribution in [0.2, 0.25) is 0 Å². The van der Waals surface area contributed by atoms with E-state index in [2.05, 4.69) is 10.6 Å². The van der Waals surface area contributed by atoms with Gasteiger partial charge < -0.3 is 29.6 Å². The first kappa shape index (κ1) is 16.2. The Balaban J connectivity index is 1.46. The number of furan rings is 1. The lowest BCUT2D eigenvalue weighted by atomic mass is 10.1. The van der Waals surface area contributed by atoms with Gasteiger partial charge >= 0.3 is 6.03 Å². The summed E-state index contributed by atoms with van der Waals surface area (Å²) in [5, 5.41) is 15.6. The molecule has 0 radical (unpaired) electrons. The predicted octanol–water partition coefficient (Wildman–Crippen LogP) is 2.87. The second-order valence-corrected chi connectivity index (χ2v) is 5.62. The normalized spacial score (nSPS) is 13.6. The highest BCUT2D eigenvalue weighted by molar-refractivity contribution is 5.89. The molecule has 24 heavy (non-hydrogen) atoms. The van der Waals surface area contributed by atoms with Crippen molar-refractivity contribution >= 4 is 11.7 Å². The smallest absolute Gasteiger partial charge is 0.319 e. The van der Waals surface area contributed by atoms with Crippen molar-refractivity contribution in [3.8, 4) is 11.5 Å². The van der Waals surface area contributed by atoms with Crippen LogP contribution in [0, 0.1) is 13.8 Å². The SMILES string of the molecule is Cc1cc(C(O)CCNC(=O)Nc2ccc3c(c2)OCO3)c(C)o1. The fourth-order valence-electron chi connectivity index (χ4n) is 2.61. The maximum absolute atomic E-state index is 11.9. The van der Waals surface area contributed by atoms with Crippen molar-refractivity contribution in [2.45, 2.75) is 26.4 Å². The fraction of sp³-hybridized carbons (Fsp3) is 0.353. The molecule has 7 nitrogen and oxygen atoms in total. The van der Waals surface area contributed by atoms with Crippen LogP contribution in [0.15, 0.2) is 28.7 Å². The number of urea groups is 1. The van der Waals surface area contributed by atoms with Crippen LogP contribution in [0.3, 0.4) is 0 Å². The van der Waals surface area contributed by atoms with Crippen molar-refractivity contribution in [3.05, 3.63) is 41.3 Å². The van der Waals surface area contributed by atoms with E-state index in [1.807, 2.05) is 19.9 Å². The van der Waals surface area contributed by atoms with E-state index in [4.69, 9.17) is 13.9 Å². The number of rotatable bonds is 5. The van der Waals surface area contributed by atoms with E-state index in [1.54, 1.807) is 18.2 Å². The lowest BCUT2D eigenvalue weighted by molar-refractivity contribution is 0.165. The van der Waals surface area contributed by atoms with E-state index >= 15 is 0 Å². The zero-order valence-electron chi connectivity index (χ0n) is 13.6. The first-order valence-corrected chi connectivity index (χ1v) is 7.72. The molecular weight excluding hydrogens is 312 g/mol. The summed E-state index contributed by atoms with van der Waals surface area (Å²) in [6.45, 7) is 4.17. The number of anilines is 1. The number of carbonyl (C=O) groups is 1. The third-order valence-corrected chi connectivity index (χ3v) is 3.77. The van der Waals surface area contributed by atoms with Crippen LogP contribution in [0.25, 0.3) is 0 Å². The molecule has 3 N–H and O–H groups in total.